The predicted molar refractivity (Wildman–Crippen MR) is 87.9 cm³/mol. The first-order valence-electron chi connectivity index (χ1n) is 7.01. The number of benzene rings is 2. The molecule has 1 N–H and O–H groups in total. The first kappa shape index (κ1) is 17.7. The second-order valence-corrected chi connectivity index (χ2v) is 5.30. The second kappa shape index (κ2) is 7.79. The van der Waals surface area contributed by atoms with Crippen LogP contribution in [-0.4, -0.2) is 25.1 Å². The van der Waals surface area contributed by atoms with Crippen molar-refractivity contribution in [3.05, 3.63) is 58.9 Å². The molecule has 0 aliphatic rings. The second-order valence-electron chi connectivity index (χ2n) is 4.89. The van der Waals surface area contributed by atoms with Gasteiger partial charge in [-0.1, -0.05) is 11.6 Å². The van der Waals surface area contributed by atoms with Gasteiger partial charge in [-0.15, -0.1) is 0 Å². The van der Waals surface area contributed by atoms with Gasteiger partial charge in [0.1, 0.15) is 11.6 Å². The van der Waals surface area contributed by atoms with E-state index in [2.05, 4.69) is 10.1 Å². The molecular weight excluding hydrogens is 337 g/mol. The number of nitrogens with one attached hydrogen (secondary N) is 1. The average molecular weight is 352 g/mol. The van der Waals surface area contributed by atoms with Crippen LogP contribution in [0, 0.1) is 5.82 Å². The summed E-state index contributed by atoms with van der Waals surface area (Å²) >= 11 is 5.59. The Hall–Kier alpha value is -2.60. The monoisotopic (exact) mass is 351 g/mol. The number of esters is 1. The van der Waals surface area contributed by atoms with Crippen LogP contribution >= 0.6 is 11.6 Å². The van der Waals surface area contributed by atoms with Crippen molar-refractivity contribution in [3.8, 4) is 5.75 Å². The zero-order valence-electron chi connectivity index (χ0n) is 13.0. The molecule has 0 radical (unpaired) electrons. The minimum Gasteiger partial charge on any atom is -0.481 e. The highest BCUT2D eigenvalue weighted by Crippen LogP contribution is 2.19. The molecule has 0 saturated carbocycles. The third kappa shape index (κ3) is 4.45. The van der Waals surface area contributed by atoms with Crippen molar-refractivity contribution >= 4 is 29.2 Å². The Bertz CT molecular complexity index is 749. The Morgan fingerprint density at radius 1 is 1.17 bits per heavy atom. The van der Waals surface area contributed by atoms with Crippen LogP contribution in [0.4, 0.5) is 10.1 Å². The van der Waals surface area contributed by atoms with Crippen LogP contribution in [0.5, 0.6) is 5.75 Å². The summed E-state index contributed by atoms with van der Waals surface area (Å²) in [6, 6.07) is 10.1. The number of anilines is 1. The highest BCUT2D eigenvalue weighted by atomic mass is 35.5. The fourth-order valence-corrected chi connectivity index (χ4v) is 1.98. The summed E-state index contributed by atoms with van der Waals surface area (Å²) in [7, 11) is 1.29. The van der Waals surface area contributed by atoms with Gasteiger partial charge in [0.15, 0.2) is 6.10 Å². The Morgan fingerprint density at radius 3 is 2.42 bits per heavy atom. The normalized spacial score (nSPS) is 11.5. The van der Waals surface area contributed by atoms with Crippen LogP contribution in [0.1, 0.15) is 17.3 Å². The molecule has 5 nitrogen and oxygen atoms in total. The molecule has 0 bridgehead atoms. The Balaban J connectivity index is 1.98. The molecule has 0 aromatic heterocycles. The maximum absolute atomic E-state index is 13.4. The van der Waals surface area contributed by atoms with E-state index in [0.717, 1.165) is 6.07 Å². The lowest BCUT2D eigenvalue weighted by Gasteiger charge is -2.15. The molecule has 0 aliphatic carbocycles. The third-order valence-corrected chi connectivity index (χ3v) is 3.45. The van der Waals surface area contributed by atoms with Gasteiger partial charge in [0.2, 0.25) is 0 Å². The lowest BCUT2D eigenvalue weighted by Crippen LogP contribution is -2.30. The first-order chi connectivity index (χ1) is 11.4. The average Bonchev–Trinajstić information content (AvgIpc) is 2.58. The fourth-order valence-electron chi connectivity index (χ4n) is 1.86. The number of carbonyl (C=O) groups excluding carboxylic acids is 2. The Morgan fingerprint density at radius 2 is 1.83 bits per heavy atom. The molecule has 0 saturated heterocycles. The predicted octanol–water partition coefficient (Wildman–Crippen LogP) is 3.67. The molecule has 0 spiro atoms. The molecule has 126 valence electrons. The van der Waals surface area contributed by atoms with Gasteiger partial charge in [-0.25, -0.2) is 9.18 Å². The maximum atomic E-state index is 13.4. The van der Waals surface area contributed by atoms with Crippen molar-refractivity contribution in [1.29, 1.82) is 0 Å². The summed E-state index contributed by atoms with van der Waals surface area (Å²) in [5.74, 6) is -1.13. The van der Waals surface area contributed by atoms with Crippen molar-refractivity contribution in [2.75, 3.05) is 12.4 Å². The van der Waals surface area contributed by atoms with Gasteiger partial charge in [-0.2, -0.15) is 0 Å². The topological polar surface area (TPSA) is 64.6 Å². The number of carbonyl (C=O) groups is 2. The molecule has 0 aliphatic heterocycles. The van der Waals surface area contributed by atoms with Crippen LogP contribution < -0.4 is 10.1 Å². The summed E-state index contributed by atoms with van der Waals surface area (Å²) in [6.45, 7) is 1.55. The SMILES string of the molecule is COC(=O)c1ccc(OC(C)C(=O)Nc2ccc(Cl)c(F)c2)cc1. The minimum absolute atomic E-state index is 0.0250. The van der Waals surface area contributed by atoms with Crippen LogP contribution in [0.2, 0.25) is 5.02 Å². The van der Waals surface area contributed by atoms with E-state index >= 15 is 0 Å². The van der Waals surface area contributed by atoms with E-state index in [1.807, 2.05) is 0 Å². The molecule has 2 rings (SSSR count). The molecule has 2 aromatic rings. The van der Waals surface area contributed by atoms with Crippen molar-refractivity contribution in [3.63, 3.8) is 0 Å². The highest BCUT2D eigenvalue weighted by molar-refractivity contribution is 6.30. The minimum atomic E-state index is -0.826. The number of methoxy groups -OCH3 is 1. The highest BCUT2D eigenvalue weighted by Gasteiger charge is 2.16. The van der Waals surface area contributed by atoms with E-state index in [9.17, 15) is 14.0 Å². The summed E-state index contributed by atoms with van der Waals surface area (Å²) in [5.41, 5.74) is 0.650. The molecule has 1 unspecified atom stereocenters. The van der Waals surface area contributed by atoms with Gasteiger partial charge in [-0.3, -0.25) is 4.79 Å². The lowest BCUT2D eigenvalue weighted by molar-refractivity contribution is -0.122. The molecule has 1 atom stereocenters. The zero-order chi connectivity index (χ0) is 17.7. The fraction of sp³-hybridized carbons (Fsp3) is 0.176. The Labute approximate surface area is 143 Å². The first-order valence-corrected chi connectivity index (χ1v) is 7.39. The number of amides is 1. The van der Waals surface area contributed by atoms with Crippen LogP contribution in [-0.2, 0) is 9.53 Å². The van der Waals surface area contributed by atoms with Gasteiger partial charge < -0.3 is 14.8 Å². The number of ether oxygens (including phenoxy) is 2. The van der Waals surface area contributed by atoms with Crippen LogP contribution in [0.25, 0.3) is 0 Å². The maximum Gasteiger partial charge on any atom is 0.337 e. The van der Waals surface area contributed by atoms with Crippen LogP contribution in [0.15, 0.2) is 42.5 Å². The number of hydrogen-bond donors (Lipinski definition) is 1. The molecule has 7 heteroatoms. The summed E-state index contributed by atoms with van der Waals surface area (Å²) in [5, 5.41) is 2.51. The van der Waals surface area contributed by atoms with Crippen LogP contribution in [0.3, 0.4) is 0 Å². The van der Waals surface area contributed by atoms with E-state index in [1.165, 1.54) is 31.4 Å². The van der Waals surface area contributed by atoms with Gasteiger partial charge in [0.05, 0.1) is 17.7 Å². The third-order valence-electron chi connectivity index (χ3n) is 3.14. The molecule has 1 amide bonds. The van der Waals surface area contributed by atoms with Gasteiger partial charge >= 0.3 is 5.97 Å². The molecule has 0 fully saturated rings. The van der Waals surface area contributed by atoms with Crippen molar-refractivity contribution in [2.45, 2.75) is 13.0 Å². The summed E-state index contributed by atoms with van der Waals surface area (Å²) in [4.78, 5) is 23.4. The Kier molecular flexibility index (Phi) is 5.76. The largest absolute Gasteiger partial charge is 0.481 e. The van der Waals surface area contributed by atoms with E-state index in [1.54, 1.807) is 19.1 Å². The molecule has 0 heterocycles. The lowest BCUT2D eigenvalue weighted by atomic mass is 10.2. The standard InChI is InChI=1S/C17H15ClFNO4/c1-10(16(21)20-12-5-8-14(18)15(19)9-12)24-13-6-3-11(4-7-13)17(22)23-2/h3-10H,1-2H3,(H,20,21). The van der Waals surface area contributed by atoms with Gasteiger partial charge in [0, 0.05) is 5.69 Å². The zero-order valence-corrected chi connectivity index (χ0v) is 13.8. The van der Waals surface area contributed by atoms with Crippen molar-refractivity contribution in [1.82, 2.24) is 0 Å². The summed E-state index contributed by atoms with van der Waals surface area (Å²) in [6.07, 6.45) is -0.826. The van der Waals surface area contributed by atoms with Crippen molar-refractivity contribution in [2.24, 2.45) is 0 Å². The van der Waals surface area contributed by atoms with E-state index in [0.29, 0.717) is 11.3 Å². The van der Waals surface area contributed by atoms with Gasteiger partial charge in [0.25, 0.3) is 5.91 Å². The number of hydrogen-bond acceptors (Lipinski definition) is 4. The van der Waals surface area contributed by atoms with E-state index in [4.69, 9.17) is 16.3 Å². The molecule has 2 aromatic carbocycles. The molecule has 24 heavy (non-hydrogen) atoms. The molecular formula is C17H15ClFNO4. The van der Waals surface area contributed by atoms with Crippen molar-refractivity contribution < 1.29 is 23.5 Å². The number of halogens is 2. The van der Waals surface area contributed by atoms with E-state index in [-0.39, 0.29) is 10.7 Å². The summed E-state index contributed by atoms with van der Waals surface area (Å²) < 4.78 is 23.4. The van der Waals surface area contributed by atoms with E-state index < -0.39 is 23.8 Å². The quantitative estimate of drug-likeness (QED) is 0.835. The smallest absolute Gasteiger partial charge is 0.337 e. The number of rotatable bonds is 5. The van der Waals surface area contributed by atoms with Gasteiger partial charge in [-0.05, 0) is 49.4 Å².